The summed E-state index contributed by atoms with van der Waals surface area (Å²) in [6.45, 7) is -3.04. The third-order valence-electron chi connectivity index (χ3n) is 6.68. The fourth-order valence-electron chi connectivity index (χ4n) is 5.03. The van der Waals surface area contributed by atoms with E-state index < -0.39 is 18.6 Å². The molecule has 182 valence electrons. The Morgan fingerprint density at radius 3 is 2.66 bits per heavy atom. The molecule has 5 rings (SSSR count). The van der Waals surface area contributed by atoms with Crippen molar-refractivity contribution >= 4 is 17.3 Å². The van der Waals surface area contributed by atoms with Crippen LogP contribution in [-0.2, 0) is 0 Å². The Balaban J connectivity index is 1.62. The molecule has 0 bridgehead atoms. The highest BCUT2D eigenvalue weighted by molar-refractivity contribution is 5.82. The lowest BCUT2D eigenvalue weighted by atomic mass is 9.82. The zero-order valence-electron chi connectivity index (χ0n) is 19.1. The number of aldehydes is 1. The highest BCUT2D eigenvalue weighted by Gasteiger charge is 2.44. The predicted molar refractivity (Wildman–Crippen MR) is 122 cm³/mol. The number of ether oxygens (including phenoxy) is 1. The monoisotopic (exact) mass is 485 g/mol. The first kappa shape index (κ1) is 23.4. The quantitative estimate of drug-likeness (QED) is 0.274. The van der Waals surface area contributed by atoms with Crippen LogP contribution in [0.3, 0.4) is 0 Å². The maximum Gasteiger partial charge on any atom is 0.387 e. The van der Waals surface area contributed by atoms with Gasteiger partial charge in [-0.05, 0) is 44.8 Å². The number of alkyl halides is 4. The van der Waals surface area contributed by atoms with E-state index in [1.54, 1.807) is 12.1 Å². The molecule has 1 fully saturated rings. The van der Waals surface area contributed by atoms with Crippen molar-refractivity contribution in [3.05, 3.63) is 58.9 Å². The highest BCUT2D eigenvalue weighted by Crippen LogP contribution is 2.47. The van der Waals surface area contributed by atoms with E-state index in [0.29, 0.717) is 29.4 Å². The van der Waals surface area contributed by atoms with Gasteiger partial charge in [0.2, 0.25) is 0 Å². The van der Waals surface area contributed by atoms with Crippen LogP contribution in [0.15, 0.2) is 36.4 Å². The van der Waals surface area contributed by atoms with Crippen LogP contribution < -0.4 is 4.74 Å². The average Bonchev–Trinajstić information content (AvgIpc) is 3.32. The molecule has 2 aromatic carbocycles. The molecule has 1 aromatic heterocycles. The van der Waals surface area contributed by atoms with Gasteiger partial charge in [0.05, 0.1) is 23.1 Å². The average molecular weight is 485 g/mol. The second-order valence-electron chi connectivity index (χ2n) is 9.26. The SMILES string of the molecule is CN(C)C1CC(c2c(C=O)cccc2OC(F)F)n2c1nc1ccc(C#CC3CC(F)(F)C3)cc12. The van der Waals surface area contributed by atoms with E-state index in [1.165, 1.54) is 12.1 Å². The number of halogens is 4. The van der Waals surface area contributed by atoms with Crippen molar-refractivity contribution in [3.8, 4) is 17.6 Å². The summed E-state index contributed by atoms with van der Waals surface area (Å²) in [5.74, 6) is 3.63. The summed E-state index contributed by atoms with van der Waals surface area (Å²) in [5.41, 5.74) is 2.71. The minimum Gasteiger partial charge on any atom is -0.434 e. The fourth-order valence-corrected chi connectivity index (χ4v) is 5.03. The Kier molecular flexibility index (Phi) is 5.80. The van der Waals surface area contributed by atoms with Crippen LogP contribution in [0.2, 0.25) is 0 Å². The van der Waals surface area contributed by atoms with Crippen LogP contribution in [0.4, 0.5) is 17.6 Å². The van der Waals surface area contributed by atoms with Crippen LogP contribution in [-0.4, -0.2) is 47.4 Å². The van der Waals surface area contributed by atoms with Gasteiger partial charge in [0.25, 0.3) is 5.92 Å². The molecule has 2 aliphatic rings. The lowest BCUT2D eigenvalue weighted by Crippen LogP contribution is -2.34. The Morgan fingerprint density at radius 2 is 2.00 bits per heavy atom. The second kappa shape index (κ2) is 8.68. The number of rotatable bonds is 5. The number of nitrogens with zero attached hydrogens (tertiary/aromatic N) is 3. The van der Waals surface area contributed by atoms with Crippen LogP contribution >= 0.6 is 0 Å². The molecule has 0 amide bonds. The molecule has 35 heavy (non-hydrogen) atoms. The number of imidazole rings is 1. The number of hydrogen-bond acceptors (Lipinski definition) is 4. The molecular weight excluding hydrogens is 462 g/mol. The molecule has 1 aliphatic heterocycles. The highest BCUT2D eigenvalue weighted by atomic mass is 19.3. The van der Waals surface area contributed by atoms with Gasteiger partial charge in [0, 0.05) is 35.4 Å². The van der Waals surface area contributed by atoms with Gasteiger partial charge in [-0.3, -0.25) is 9.69 Å². The Labute approximate surface area is 199 Å². The van der Waals surface area contributed by atoms with Gasteiger partial charge in [-0.25, -0.2) is 13.8 Å². The first-order valence-electron chi connectivity index (χ1n) is 11.3. The molecule has 0 radical (unpaired) electrons. The van der Waals surface area contributed by atoms with Crippen molar-refractivity contribution < 1.29 is 27.1 Å². The zero-order chi connectivity index (χ0) is 24.9. The molecule has 5 nitrogen and oxygen atoms in total. The molecule has 1 aliphatic carbocycles. The third kappa shape index (κ3) is 4.27. The van der Waals surface area contributed by atoms with E-state index in [2.05, 4.69) is 11.8 Å². The van der Waals surface area contributed by atoms with Crippen molar-refractivity contribution in [1.29, 1.82) is 0 Å². The fraction of sp³-hybridized carbons (Fsp3) is 0.385. The number of carbonyl (C=O) groups is 1. The first-order chi connectivity index (χ1) is 16.7. The summed E-state index contributed by atoms with van der Waals surface area (Å²) in [6.07, 6.45) is 0.683. The zero-order valence-corrected chi connectivity index (χ0v) is 19.1. The number of hydrogen-bond donors (Lipinski definition) is 0. The molecule has 3 aromatic rings. The second-order valence-corrected chi connectivity index (χ2v) is 9.26. The topological polar surface area (TPSA) is 47.4 Å². The summed E-state index contributed by atoms with van der Waals surface area (Å²) < 4.78 is 59.4. The van der Waals surface area contributed by atoms with Crippen LogP contribution in [0, 0.1) is 17.8 Å². The lowest BCUT2D eigenvalue weighted by molar-refractivity contribution is -0.0936. The van der Waals surface area contributed by atoms with Crippen molar-refractivity contribution in [2.24, 2.45) is 5.92 Å². The molecule has 0 N–H and O–H groups in total. The van der Waals surface area contributed by atoms with Crippen molar-refractivity contribution in [1.82, 2.24) is 14.5 Å². The Morgan fingerprint density at radius 1 is 1.23 bits per heavy atom. The summed E-state index contributed by atoms with van der Waals surface area (Å²) in [7, 11) is 3.81. The Hall–Kier alpha value is -3.38. The number of fused-ring (bicyclic) bond motifs is 3. The summed E-state index contributed by atoms with van der Waals surface area (Å²) in [4.78, 5) is 18.7. The van der Waals surface area contributed by atoms with Gasteiger partial charge in [-0.2, -0.15) is 8.78 Å². The van der Waals surface area contributed by atoms with Gasteiger partial charge in [-0.1, -0.05) is 24.0 Å². The van der Waals surface area contributed by atoms with Crippen LogP contribution in [0.5, 0.6) is 5.75 Å². The minimum atomic E-state index is -3.04. The summed E-state index contributed by atoms with van der Waals surface area (Å²) in [6, 6.07) is 9.34. The molecule has 1 saturated carbocycles. The van der Waals surface area contributed by atoms with Crippen LogP contribution in [0.1, 0.15) is 58.7 Å². The molecule has 0 saturated heterocycles. The molecule has 9 heteroatoms. The first-order valence-corrected chi connectivity index (χ1v) is 11.3. The van der Waals surface area contributed by atoms with Crippen molar-refractivity contribution in [3.63, 3.8) is 0 Å². The smallest absolute Gasteiger partial charge is 0.387 e. The number of aromatic nitrogens is 2. The van der Waals surface area contributed by atoms with Gasteiger partial charge >= 0.3 is 6.61 Å². The number of carbonyl (C=O) groups excluding carboxylic acids is 1. The van der Waals surface area contributed by atoms with Gasteiger partial charge < -0.3 is 9.30 Å². The molecule has 2 heterocycles. The third-order valence-corrected chi connectivity index (χ3v) is 6.68. The normalized spacial score (nSPS) is 21.0. The minimum absolute atomic E-state index is 0.0522. The maximum absolute atomic E-state index is 13.2. The summed E-state index contributed by atoms with van der Waals surface area (Å²) >= 11 is 0. The van der Waals surface area contributed by atoms with Crippen molar-refractivity contribution in [2.45, 2.75) is 43.9 Å². The van der Waals surface area contributed by atoms with Crippen molar-refractivity contribution in [2.75, 3.05) is 14.1 Å². The molecule has 2 unspecified atom stereocenters. The van der Waals surface area contributed by atoms with E-state index in [-0.39, 0.29) is 36.1 Å². The van der Waals surface area contributed by atoms with Gasteiger partial charge in [0.1, 0.15) is 11.6 Å². The maximum atomic E-state index is 13.2. The van der Waals surface area contributed by atoms with Gasteiger partial charge in [-0.15, -0.1) is 0 Å². The number of benzene rings is 2. The lowest BCUT2D eigenvalue weighted by Gasteiger charge is -2.31. The predicted octanol–water partition coefficient (Wildman–Crippen LogP) is 5.44. The van der Waals surface area contributed by atoms with E-state index >= 15 is 0 Å². The molecular formula is C26H23F4N3O2. The van der Waals surface area contributed by atoms with E-state index in [9.17, 15) is 22.4 Å². The van der Waals surface area contributed by atoms with Crippen LogP contribution in [0.25, 0.3) is 11.0 Å². The largest absolute Gasteiger partial charge is 0.434 e. The van der Waals surface area contributed by atoms with E-state index in [1.807, 2.05) is 35.7 Å². The standard InChI is InChI=1S/C26H23F4N3O2/c1-32(2)21-11-20(23-17(14-34)4-3-5-22(23)35-25(27)28)33-19-10-15(8-9-18(19)31-24(21)33)6-7-16-12-26(29,30)13-16/h3-5,8-10,14,16,20-21,25H,11-13H2,1-2H3. The Bertz CT molecular complexity index is 1350. The molecule has 2 atom stereocenters. The van der Waals surface area contributed by atoms with E-state index in [0.717, 1.165) is 11.3 Å². The van der Waals surface area contributed by atoms with Gasteiger partial charge in [0.15, 0.2) is 6.29 Å². The summed E-state index contributed by atoms with van der Waals surface area (Å²) in [5, 5.41) is 0. The van der Waals surface area contributed by atoms with E-state index in [4.69, 9.17) is 9.72 Å². The molecule has 0 spiro atoms.